The summed E-state index contributed by atoms with van der Waals surface area (Å²) < 4.78 is 0. The third kappa shape index (κ3) is 2.27. The first kappa shape index (κ1) is 10.4. The molecule has 1 aliphatic heterocycles. The van der Waals surface area contributed by atoms with Gasteiger partial charge in [0.15, 0.2) is 5.96 Å². The van der Waals surface area contributed by atoms with Crippen LogP contribution in [-0.4, -0.2) is 19.0 Å². The van der Waals surface area contributed by atoms with E-state index in [9.17, 15) is 0 Å². The highest BCUT2D eigenvalue weighted by molar-refractivity contribution is 6.37. The molecule has 4 N–H and O–H groups in total. The zero-order valence-corrected chi connectivity index (χ0v) is 9.36. The molecule has 0 aliphatic carbocycles. The van der Waals surface area contributed by atoms with Crippen LogP contribution in [0.15, 0.2) is 17.1 Å². The zero-order valence-electron chi connectivity index (χ0n) is 7.85. The van der Waals surface area contributed by atoms with Crippen molar-refractivity contribution in [1.82, 2.24) is 5.32 Å². The molecule has 0 saturated heterocycles. The van der Waals surface area contributed by atoms with Crippen molar-refractivity contribution >= 4 is 40.5 Å². The Balaban J connectivity index is 2.27. The van der Waals surface area contributed by atoms with Crippen LogP contribution in [0, 0.1) is 0 Å². The van der Waals surface area contributed by atoms with Gasteiger partial charge in [0.25, 0.3) is 0 Å². The molecule has 0 unspecified atom stereocenters. The Labute approximate surface area is 97.5 Å². The van der Waals surface area contributed by atoms with Crippen LogP contribution >= 0.6 is 23.2 Å². The molecule has 0 radical (unpaired) electrons. The number of nitrogen functional groups attached to an aromatic ring is 1. The molecule has 0 saturated carbocycles. The fourth-order valence-electron chi connectivity index (χ4n) is 1.33. The number of nitrogens with zero attached hydrogens (tertiary/aromatic N) is 1. The fraction of sp³-hybridized carbons (Fsp3) is 0.222. The summed E-state index contributed by atoms with van der Waals surface area (Å²) in [6.07, 6.45) is 0. The Hall–Kier alpha value is -1.13. The molecule has 0 amide bonds. The molecule has 6 heteroatoms. The highest BCUT2D eigenvalue weighted by atomic mass is 35.5. The number of rotatable bonds is 1. The molecular formula is C9H10Cl2N4. The standard InChI is InChI=1S/C9H10Cl2N4/c10-5-3-6(11)8(7(12)4-5)15-9-13-1-2-14-9/h3-4H,1-2,12H2,(H2,13,14,15). The van der Waals surface area contributed by atoms with Gasteiger partial charge in [-0.25, -0.2) is 0 Å². The van der Waals surface area contributed by atoms with E-state index in [1.165, 1.54) is 0 Å². The molecular weight excluding hydrogens is 235 g/mol. The summed E-state index contributed by atoms with van der Waals surface area (Å²) in [7, 11) is 0. The van der Waals surface area contributed by atoms with Gasteiger partial charge in [-0.1, -0.05) is 23.2 Å². The Morgan fingerprint density at radius 3 is 2.80 bits per heavy atom. The maximum absolute atomic E-state index is 6.00. The molecule has 0 atom stereocenters. The lowest BCUT2D eigenvalue weighted by Crippen LogP contribution is -2.26. The van der Waals surface area contributed by atoms with Gasteiger partial charge in [0.2, 0.25) is 0 Å². The summed E-state index contributed by atoms with van der Waals surface area (Å²) in [5.41, 5.74) is 6.92. The number of aliphatic imine (C=N–C) groups is 1. The van der Waals surface area contributed by atoms with Gasteiger partial charge in [-0.05, 0) is 12.1 Å². The normalized spacial score (nSPS) is 14.7. The van der Waals surface area contributed by atoms with Crippen LogP contribution in [0.3, 0.4) is 0 Å². The van der Waals surface area contributed by atoms with E-state index in [-0.39, 0.29) is 0 Å². The van der Waals surface area contributed by atoms with Crippen LogP contribution in [0.5, 0.6) is 0 Å². The van der Waals surface area contributed by atoms with Crippen LogP contribution in [0.4, 0.5) is 11.4 Å². The van der Waals surface area contributed by atoms with E-state index in [4.69, 9.17) is 28.9 Å². The van der Waals surface area contributed by atoms with Crippen LogP contribution in [0.25, 0.3) is 0 Å². The molecule has 0 bridgehead atoms. The zero-order chi connectivity index (χ0) is 10.8. The van der Waals surface area contributed by atoms with Crippen LogP contribution in [0.2, 0.25) is 10.0 Å². The Kier molecular flexibility index (Phi) is 2.88. The highest BCUT2D eigenvalue weighted by Gasteiger charge is 2.11. The predicted octanol–water partition coefficient (Wildman–Crippen LogP) is 1.95. The Morgan fingerprint density at radius 1 is 1.40 bits per heavy atom. The molecule has 80 valence electrons. The first-order valence-electron chi connectivity index (χ1n) is 4.46. The number of hydrogen-bond acceptors (Lipinski definition) is 4. The topological polar surface area (TPSA) is 62.4 Å². The minimum atomic E-state index is 0.483. The number of halogens is 2. The monoisotopic (exact) mass is 244 g/mol. The lowest BCUT2D eigenvalue weighted by Gasteiger charge is -2.11. The van der Waals surface area contributed by atoms with Crippen molar-refractivity contribution in [3.63, 3.8) is 0 Å². The summed E-state index contributed by atoms with van der Waals surface area (Å²) in [4.78, 5) is 4.18. The number of guanidine groups is 1. The second-order valence-corrected chi connectivity index (χ2v) is 3.98. The van der Waals surface area contributed by atoms with Gasteiger partial charge in [-0.3, -0.25) is 4.99 Å². The van der Waals surface area contributed by atoms with E-state index in [0.717, 1.165) is 13.1 Å². The SMILES string of the molecule is Nc1cc(Cl)cc(Cl)c1NC1=NCCN1. The number of nitrogens with two attached hydrogens (primary N) is 1. The molecule has 1 heterocycles. The maximum atomic E-state index is 6.00. The van der Waals surface area contributed by atoms with Crippen molar-refractivity contribution in [2.45, 2.75) is 0 Å². The summed E-state index contributed by atoms with van der Waals surface area (Å²) in [6.45, 7) is 1.58. The molecule has 15 heavy (non-hydrogen) atoms. The lowest BCUT2D eigenvalue weighted by molar-refractivity contribution is 0.959. The van der Waals surface area contributed by atoms with Crippen LogP contribution in [-0.2, 0) is 0 Å². The third-order valence-electron chi connectivity index (χ3n) is 2.00. The molecule has 0 fully saturated rings. The predicted molar refractivity (Wildman–Crippen MR) is 64.8 cm³/mol. The van der Waals surface area contributed by atoms with Gasteiger partial charge < -0.3 is 16.4 Å². The average Bonchev–Trinajstić information content (AvgIpc) is 2.63. The van der Waals surface area contributed by atoms with Crippen LogP contribution < -0.4 is 16.4 Å². The molecule has 0 spiro atoms. The van der Waals surface area contributed by atoms with Gasteiger partial charge in [-0.15, -0.1) is 0 Å². The van der Waals surface area contributed by atoms with Gasteiger partial charge in [-0.2, -0.15) is 0 Å². The van der Waals surface area contributed by atoms with Gasteiger partial charge in [0.05, 0.1) is 22.9 Å². The molecule has 0 aromatic heterocycles. The van der Waals surface area contributed by atoms with Crippen molar-refractivity contribution in [2.24, 2.45) is 4.99 Å². The molecule has 1 aliphatic rings. The summed E-state index contributed by atoms with van der Waals surface area (Å²) in [5, 5.41) is 7.09. The Bertz CT molecular complexity index is 394. The van der Waals surface area contributed by atoms with E-state index < -0.39 is 0 Å². The second kappa shape index (κ2) is 4.16. The number of anilines is 2. The quantitative estimate of drug-likeness (QED) is 0.662. The third-order valence-corrected chi connectivity index (χ3v) is 2.52. The van der Waals surface area contributed by atoms with Crippen molar-refractivity contribution in [3.05, 3.63) is 22.2 Å². The number of hydrogen-bond donors (Lipinski definition) is 3. The lowest BCUT2D eigenvalue weighted by atomic mass is 10.2. The smallest absolute Gasteiger partial charge is 0.196 e. The minimum absolute atomic E-state index is 0.483. The largest absolute Gasteiger partial charge is 0.397 e. The molecule has 1 aromatic rings. The first-order valence-corrected chi connectivity index (χ1v) is 5.22. The van der Waals surface area contributed by atoms with Crippen molar-refractivity contribution < 1.29 is 0 Å². The van der Waals surface area contributed by atoms with E-state index in [2.05, 4.69) is 15.6 Å². The van der Waals surface area contributed by atoms with Gasteiger partial charge in [0, 0.05) is 11.6 Å². The molecule has 1 aromatic carbocycles. The summed E-state index contributed by atoms with van der Waals surface area (Å²) in [6, 6.07) is 3.28. The van der Waals surface area contributed by atoms with Gasteiger partial charge in [0.1, 0.15) is 0 Å². The van der Waals surface area contributed by atoms with E-state index in [1.54, 1.807) is 12.1 Å². The number of nitrogens with one attached hydrogen (secondary N) is 2. The van der Waals surface area contributed by atoms with E-state index in [1.807, 2.05) is 0 Å². The van der Waals surface area contributed by atoms with E-state index in [0.29, 0.717) is 27.4 Å². The second-order valence-electron chi connectivity index (χ2n) is 3.13. The van der Waals surface area contributed by atoms with Crippen LogP contribution in [0.1, 0.15) is 0 Å². The van der Waals surface area contributed by atoms with Gasteiger partial charge >= 0.3 is 0 Å². The Morgan fingerprint density at radius 2 is 2.20 bits per heavy atom. The molecule has 2 rings (SSSR count). The van der Waals surface area contributed by atoms with E-state index >= 15 is 0 Å². The minimum Gasteiger partial charge on any atom is -0.397 e. The average molecular weight is 245 g/mol. The van der Waals surface area contributed by atoms with Crippen molar-refractivity contribution in [2.75, 3.05) is 24.1 Å². The molecule has 4 nitrogen and oxygen atoms in total. The first-order chi connectivity index (χ1) is 7.16. The number of benzene rings is 1. The highest BCUT2D eigenvalue weighted by Crippen LogP contribution is 2.31. The van der Waals surface area contributed by atoms with Crippen molar-refractivity contribution in [3.8, 4) is 0 Å². The summed E-state index contributed by atoms with van der Waals surface area (Å²) >= 11 is 11.8. The summed E-state index contributed by atoms with van der Waals surface area (Å²) in [5.74, 6) is 0.686. The fourth-order valence-corrected chi connectivity index (χ4v) is 1.88. The maximum Gasteiger partial charge on any atom is 0.196 e. The van der Waals surface area contributed by atoms with Crippen molar-refractivity contribution in [1.29, 1.82) is 0 Å².